The number of hydrogen-bond acceptors (Lipinski definition) is 3. The van der Waals surface area contributed by atoms with Gasteiger partial charge in [0.1, 0.15) is 0 Å². The summed E-state index contributed by atoms with van der Waals surface area (Å²) < 4.78 is 2.16. The average molecular weight is 467 g/mol. The number of hydrogen-bond donors (Lipinski definition) is 2. The van der Waals surface area contributed by atoms with Crippen LogP contribution < -0.4 is 5.32 Å². The van der Waals surface area contributed by atoms with E-state index in [1.165, 1.54) is 0 Å². The molecule has 0 saturated heterocycles. The second-order valence-corrected chi connectivity index (χ2v) is 8.35. The lowest BCUT2D eigenvalue weighted by Crippen LogP contribution is -2.44. The van der Waals surface area contributed by atoms with Crippen LogP contribution in [0.4, 0.5) is 0 Å². The smallest absolute Gasteiger partial charge is 0.0958 e. The normalized spacial score (nSPS) is 18.0. The van der Waals surface area contributed by atoms with Crippen LogP contribution >= 0.6 is 48.0 Å². The summed E-state index contributed by atoms with van der Waals surface area (Å²) in [7, 11) is 0. The minimum atomic E-state index is -0.673. The van der Waals surface area contributed by atoms with E-state index in [2.05, 4.69) is 34.8 Å². The highest BCUT2D eigenvalue weighted by Crippen LogP contribution is 2.27. The molecule has 2 N–H and O–H groups in total. The number of halogens is 4. The van der Waals surface area contributed by atoms with Crippen molar-refractivity contribution < 1.29 is 5.11 Å². The minimum Gasteiger partial charge on any atom is -0.387 e. The monoisotopic (exact) mass is 465 g/mol. The zero-order chi connectivity index (χ0) is 18.7. The molecule has 1 aliphatic carbocycles. The molecular weight excluding hydrogens is 440 g/mol. The number of rotatable bonds is 7. The van der Waals surface area contributed by atoms with Crippen molar-refractivity contribution in [2.75, 3.05) is 6.54 Å². The van der Waals surface area contributed by atoms with Crippen LogP contribution in [-0.4, -0.2) is 38.2 Å². The number of nitrogens with zero attached hydrogens (tertiary/aromatic N) is 2. The molecule has 3 rings (SSSR count). The summed E-state index contributed by atoms with van der Waals surface area (Å²) in [5, 5.41) is 14.4. The second kappa shape index (κ2) is 10.9. The van der Waals surface area contributed by atoms with Gasteiger partial charge in [0.2, 0.25) is 0 Å². The lowest BCUT2D eigenvalue weighted by atomic mass is 9.97. The molecule has 1 aromatic heterocycles. The van der Waals surface area contributed by atoms with Crippen LogP contribution in [0.15, 0.2) is 53.4 Å². The van der Waals surface area contributed by atoms with E-state index in [9.17, 15) is 5.11 Å². The predicted octanol–water partition coefficient (Wildman–Crippen LogP) is 5.06. The highest BCUT2D eigenvalue weighted by Gasteiger charge is 2.23. The number of allylic oxidation sites excluding steroid dienone is 2. The summed E-state index contributed by atoms with van der Waals surface area (Å²) in [5.41, 5.74) is 2.72. The van der Waals surface area contributed by atoms with Gasteiger partial charge in [0.15, 0.2) is 0 Å². The van der Waals surface area contributed by atoms with E-state index in [0.717, 1.165) is 24.0 Å². The fourth-order valence-electron chi connectivity index (χ4n) is 3.11. The first-order valence-corrected chi connectivity index (χ1v) is 9.72. The van der Waals surface area contributed by atoms with Gasteiger partial charge in [0.25, 0.3) is 0 Å². The quantitative estimate of drug-likeness (QED) is 0.560. The third kappa shape index (κ3) is 6.38. The maximum Gasteiger partial charge on any atom is 0.0958 e. The molecule has 0 saturated carbocycles. The van der Waals surface area contributed by atoms with Crippen LogP contribution in [0.2, 0.25) is 0 Å². The first-order valence-electron chi connectivity index (χ1n) is 8.90. The van der Waals surface area contributed by atoms with Crippen molar-refractivity contribution in [2.45, 2.75) is 50.3 Å². The number of aromatic nitrogens is 2. The van der Waals surface area contributed by atoms with Crippen molar-refractivity contribution in [2.24, 2.45) is 0 Å². The molecule has 156 valence electrons. The Morgan fingerprint density at radius 1 is 1.32 bits per heavy atom. The Kier molecular flexibility index (Phi) is 9.81. The van der Waals surface area contributed by atoms with Gasteiger partial charge in [-0.3, -0.25) is 0 Å². The van der Waals surface area contributed by atoms with Gasteiger partial charge in [-0.25, -0.2) is 4.98 Å². The van der Waals surface area contributed by atoms with Crippen LogP contribution in [-0.2, 0) is 6.54 Å². The number of aliphatic hydroxyl groups excluding tert-OH is 1. The molecule has 1 aromatic carbocycles. The van der Waals surface area contributed by atoms with Gasteiger partial charge < -0.3 is 15.0 Å². The Balaban J connectivity index is 0.00000196. The topological polar surface area (TPSA) is 50.1 Å². The molecule has 0 fully saturated rings. The number of nitrogens with one attached hydrogen (secondary N) is 1. The van der Waals surface area contributed by atoms with E-state index in [1.807, 2.05) is 36.7 Å². The van der Waals surface area contributed by atoms with Gasteiger partial charge >= 0.3 is 0 Å². The Labute approximate surface area is 188 Å². The van der Waals surface area contributed by atoms with Crippen LogP contribution in [0.25, 0.3) is 11.0 Å². The molecule has 0 radical (unpaired) electrons. The van der Waals surface area contributed by atoms with Crippen LogP contribution in [0.5, 0.6) is 0 Å². The summed E-state index contributed by atoms with van der Waals surface area (Å²) in [6, 6.07) is 8.13. The molecule has 0 bridgehead atoms. The maximum atomic E-state index is 10.5. The average Bonchev–Trinajstić information content (AvgIpc) is 3.03. The van der Waals surface area contributed by atoms with Gasteiger partial charge in [0.05, 0.1) is 28.8 Å². The predicted molar refractivity (Wildman–Crippen MR) is 123 cm³/mol. The third-order valence-electron chi connectivity index (χ3n) is 4.80. The number of fused-ring (bicyclic) bond motifs is 1. The number of benzene rings is 1. The third-order valence-corrected chi connectivity index (χ3v) is 5.47. The maximum absolute atomic E-state index is 10.5. The van der Waals surface area contributed by atoms with Crippen molar-refractivity contribution in [1.29, 1.82) is 0 Å². The largest absolute Gasteiger partial charge is 0.387 e. The van der Waals surface area contributed by atoms with E-state index in [-0.39, 0.29) is 35.7 Å². The first kappa shape index (κ1) is 25.3. The number of para-hydroxylation sites is 2. The van der Waals surface area contributed by atoms with E-state index >= 15 is 0 Å². The molecule has 28 heavy (non-hydrogen) atoms. The van der Waals surface area contributed by atoms with E-state index in [0.29, 0.717) is 23.6 Å². The molecule has 2 aromatic rings. The summed E-state index contributed by atoms with van der Waals surface area (Å²) in [6.45, 7) is 5.55. The van der Waals surface area contributed by atoms with Crippen molar-refractivity contribution in [3.63, 3.8) is 0 Å². The lowest BCUT2D eigenvalue weighted by Gasteiger charge is -2.29. The van der Waals surface area contributed by atoms with Gasteiger partial charge in [-0.2, -0.15) is 0 Å². The number of alkyl halides is 1. The highest BCUT2D eigenvalue weighted by molar-refractivity contribution is 6.32. The second-order valence-electron chi connectivity index (χ2n) is 7.38. The van der Waals surface area contributed by atoms with Crippen molar-refractivity contribution >= 4 is 59.0 Å². The van der Waals surface area contributed by atoms with Crippen LogP contribution in [0.3, 0.4) is 0 Å². The molecule has 2 atom stereocenters. The fraction of sp³-hybridized carbons (Fsp3) is 0.450. The molecule has 8 heteroatoms. The van der Waals surface area contributed by atoms with E-state index < -0.39 is 6.10 Å². The zero-order valence-corrected chi connectivity index (χ0v) is 19.1. The Morgan fingerprint density at radius 3 is 2.79 bits per heavy atom. The van der Waals surface area contributed by atoms with Crippen molar-refractivity contribution in [3.05, 3.63) is 53.4 Å². The molecule has 0 aliphatic heterocycles. The Bertz CT molecular complexity index is 832. The molecule has 0 spiro atoms. The summed E-state index contributed by atoms with van der Waals surface area (Å²) in [6.07, 6.45) is 6.53. The van der Waals surface area contributed by atoms with Crippen LogP contribution in [0.1, 0.15) is 26.7 Å². The van der Waals surface area contributed by atoms with Gasteiger partial charge in [0, 0.05) is 23.7 Å². The number of β-amino-alcohol motifs (C(OH)–C–C–N with tert-alkyl or cyclic N) is 1. The summed E-state index contributed by atoms with van der Waals surface area (Å²) >= 11 is 12.4. The minimum absolute atomic E-state index is 0. The molecule has 0 amide bonds. The SMILES string of the molecule is CC(C)(CCn1cnc2ccccc21)NCC(O)C1=CC(Cl)CC=C1Cl.Cl.Cl. The molecule has 1 aliphatic rings. The van der Waals surface area contributed by atoms with Crippen molar-refractivity contribution in [1.82, 2.24) is 14.9 Å². The molecule has 1 heterocycles. The molecule has 2 unspecified atom stereocenters. The van der Waals surface area contributed by atoms with E-state index in [1.54, 1.807) is 0 Å². The zero-order valence-electron chi connectivity index (χ0n) is 15.9. The number of imidazole rings is 1. The Morgan fingerprint density at radius 2 is 2.04 bits per heavy atom. The van der Waals surface area contributed by atoms with Gasteiger partial charge in [-0.05, 0) is 44.4 Å². The van der Waals surface area contributed by atoms with Crippen LogP contribution in [0, 0.1) is 0 Å². The fourth-order valence-corrected chi connectivity index (χ4v) is 3.61. The van der Waals surface area contributed by atoms with Crippen molar-refractivity contribution in [3.8, 4) is 0 Å². The molecule has 4 nitrogen and oxygen atoms in total. The number of aryl methyl sites for hydroxylation is 1. The highest BCUT2D eigenvalue weighted by atomic mass is 35.5. The first-order chi connectivity index (χ1) is 12.4. The summed E-state index contributed by atoms with van der Waals surface area (Å²) in [5.74, 6) is 0. The summed E-state index contributed by atoms with van der Waals surface area (Å²) in [4.78, 5) is 4.43. The van der Waals surface area contributed by atoms with Gasteiger partial charge in [-0.15, -0.1) is 36.4 Å². The Hall–Kier alpha value is -0.750. The molecular formula is C20H27Cl4N3O. The lowest BCUT2D eigenvalue weighted by molar-refractivity contribution is 0.189. The van der Waals surface area contributed by atoms with E-state index in [4.69, 9.17) is 23.2 Å². The van der Waals surface area contributed by atoms with Gasteiger partial charge in [-0.1, -0.05) is 35.9 Å². The number of aliphatic hydroxyl groups is 1. The standard InChI is InChI=1S/C20H25Cl2N3O.2ClH/c1-20(2,9-10-25-13-23-17-5-3-4-6-18(17)25)24-12-19(26)15-11-14(21)7-8-16(15)22;;/h3-6,8,11,13-14,19,24,26H,7,9-10,12H2,1-2H3;2*1H.